The molecular formula is C19H23N3O6. The van der Waals surface area contributed by atoms with Crippen LogP contribution >= 0.6 is 0 Å². The van der Waals surface area contributed by atoms with E-state index in [2.05, 4.69) is 10.5 Å². The van der Waals surface area contributed by atoms with E-state index in [0.717, 1.165) is 38.5 Å². The van der Waals surface area contributed by atoms with Crippen molar-refractivity contribution in [1.29, 1.82) is 0 Å². The van der Waals surface area contributed by atoms with Crippen molar-refractivity contribution in [3.05, 3.63) is 39.9 Å². The van der Waals surface area contributed by atoms with Crippen LogP contribution in [0.1, 0.15) is 56.9 Å². The third kappa shape index (κ3) is 4.47. The summed E-state index contributed by atoms with van der Waals surface area (Å²) in [6.07, 6.45) is 5.55. The first-order valence-electron chi connectivity index (χ1n) is 9.42. The summed E-state index contributed by atoms with van der Waals surface area (Å²) in [4.78, 5) is 40.0. The molecule has 0 aromatic heterocycles. The van der Waals surface area contributed by atoms with Gasteiger partial charge in [0.15, 0.2) is 0 Å². The number of nitrogens with one attached hydrogen (secondary N) is 1. The summed E-state index contributed by atoms with van der Waals surface area (Å²) >= 11 is 0. The second kappa shape index (κ2) is 8.37. The minimum atomic E-state index is -1.60. The van der Waals surface area contributed by atoms with E-state index in [0.29, 0.717) is 11.3 Å². The van der Waals surface area contributed by atoms with Gasteiger partial charge in [0, 0.05) is 24.6 Å². The minimum absolute atomic E-state index is 0.00430. The summed E-state index contributed by atoms with van der Waals surface area (Å²) in [6.45, 7) is 0. The van der Waals surface area contributed by atoms with Crippen LogP contribution in [0.4, 0.5) is 5.69 Å². The highest BCUT2D eigenvalue weighted by Crippen LogP contribution is 2.32. The Balaban J connectivity index is 1.74. The lowest BCUT2D eigenvalue weighted by Gasteiger charge is -2.26. The normalized spacial score (nSPS) is 22.6. The van der Waals surface area contributed by atoms with Gasteiger partial charge in [-0.2, -0.15) is 0 Å². The van der Waals surface area contributed by atoms with Crippen LogP contribution < -0.4 is 5.32 Å². The number of carboxylic acids is 1. The number of amides is 1. The van der Waals surface area contributed by atoms with Crippen molar-refractivity contribution in [2.24, 2.45) is 5.16 Å². The number of non-ortho nitro benzene ring substituents is 1. The maximum absolute atomic E-state index is 12.9. The van der Waals surface area contributed by atoms with Crippen LogP contribution in [-0.4, -0.2) is 39.3 Å². The maximum Gasteiger partial charge on any atom is 0.308 e. The van der Waals surface area contributed by atoms with E-state index in [1.165, 1.54) is 24.3 Å². The Morgan fingerprint density at radius 2 is 1.86 bits per heavy atom. The fourth-order valence-electron chi connectivity index (χ4n) is 3.69. The van der Waals surface area contributed by atoms with Crippen LogP contribution in [0.25, 0.3) is 0 Å². The summed E-state index contributed by atoms with van der Waals surface area (Å²) in [7, 11) is 0. The molecule has 1 amide bonds. The zero-order chi connectivity index (χ0) is 20.1. The molecule has 1 aliphatic carbocycles. The summed E-state index contributed by atoms with van der Waals surface area (Å²) in [5.74, 6) is -1.63. The average molecular weight is 389 g/mol. The Labute approximate surface area is 161 Å². The van der Waals surface area contributed by atoms with Gasteiger partial charge >= 0.3 is 5.97 Å². The summed E-state index contributed by atoms with van der Waals surface area (Å²) in [6, 6.07) is 5.70. The number of rotatable bonds is 6. The highest BCUT2D eigenvalue weighted by atomic mass is 16.7. The van der Waals surface area contributed by atoms with E-state index >= 15 is 0 Å². The number of carbonyl (C=O) groups is 2. The first-order valence-corrected chi connectivity index (χ1v) is 9.42. The number of benzene rings is 1. The van der Waals surface area contributed by atoms with Crippen LogP contribution in [-0.2, 0) is 14.4 Å². The molecule has 3 rings (SSSR count). The summed E-state index contributed by atoms with van der Waals surface area (Å²) < 4.78 is 0. The number of aliphatic carboxylic acids is 1. The first kappa shape index (κ1) is 19.8. The third-order valence-corrected chi connectivity index (χ3v) is 5.24. The Hall–Kier alpha value is -2.97. The molecule has 2 aliphatic rings. The van der Waals surface area contributed by atoms with Gasteiger partial charge in [-0.25, -0.2) is 0 Å². The average Bonchev–Trinajstić information content (AvgIpc) is 2.91. The largest absolute Gasteiger partial charge is 0.481 e. The molecule has 1 aromatic rings. The quantitative estimate of drug-likeness (QED) is 0.437. The SMILES string of the molecule is O=C(O)C[C@]1(C(=O)NC2CCCCCC2)CC(c2ccc([N+](=O)[O-])cc2)=NO1. The van der Waals surface area contributed by atoms with Crippen molar-refractivity contribution in [1.82, 2.24) is 5.32 Å². The topological polar surface area (TPSA) is 131 Å². The van der Waals surface area contributed by atoms with Crippen LogP contribution in [0, 0.1) is 10.1 Å². The fourth-order valence-corrected chi connectivity index (χ4v) is 3.69. The molecular weight excluding hydrogens is 366 g/mol. The van der Waals surface area contributed by atoms with Gasteiger partial charge in [0.2, 0.25) is 5.60 Å². The van der Waals surface area contributed by atoms with Crippen molar-refractivity contribution in [3.8, 4) is 0 Å². The Bertz CT molecular complexity index is 783. The molecule has 1 heterocycles. The number of hydrogen-bond acceptors (Lipinski definition) is 6. The van der Waals surface area contributed by atoms with E-state index in [9.17, 15) is 24.8 Å². The predicted octanol–water partition coefficient (Wildman–Crippen LogP) is 2.77. The lowest BCUT2D eigenvalue weighted by Crippen LogP contribution is -2.51. The third-order valence-electron chi connectivity index (χ3n) is 5.24. The van der Waals surface area contributed by atoms with Crippen molar-refractivity contribution in [2.75, 3.05) is 0 Å². The molecule has 1 saturated carbocycles. The molecule has 0 unspecified atom stereocenters. The number of hydrogen-bond donors (Lipinski definition) is 2. The second-order valence-electron chi connectivity index (χ2n) is 7.34. The van der Waals surface area contributed by atoms with Crippen LogP contribution in [0.15, 0.2) is 29.4 Å². The van der Waals surface area contributed by atoms with Gasteiger partial charge in [0.05, 0.1) is 17.1 Å². The Morgan fingerprint density at radius 3 is 2.43 bits per heavy atom. The van der Waals surface area contributed by atoms with Crippen LogP contribution in [0.2, 0.25) is 0 Å². The van der Waals surface area contributed by atoms with Crippen LogP contribution in [0.5, 0.6) is 0 Å². The molecule has 28 heavy (non-hydrogen) atoms. The maximum atomic E-state index is 12.9. The Kier molecular flexibility index (Phi) is 5.91. The van der Waals surface area contributed by atoms with E-state index in [1.807, 2.05) is 0 Å². The van der Waals surface area contributed by atoms with Crippen molar-refractivity contribution >= 4 is 23.3 Å². The van der Waals surface area contributed by atoms with E-state index in [1.54, 1.807) is 0 Å². The molecule has 9 heteroatoms. The molecule has 1 atom stereocenters. The number of nitro groups is 1. The standard InChI is InChI=1S/C19H23N3O6/c23-17(24)12-19(18(25)20-14-5-3-1-2-4-6-14)11-16(21-28-19)13-7-9-15(10-8-13)22(26)27/h7-10,14H,1-6,11-12H2,(H,20,25)(H,23,24)/t19-/m0/s1. The smallest absolute Gasteiger partial charge is 0.308 e. The minimum Gasteiger partial charge on any atom is -0.481 e. The fraction of sp³-hybridized carbons (Fsp3) is 0.526. The molecule has 9 nitrogen and oxygen atoms in total. The lowest BCUT2D eigenvalue weighted by molar-refractivity contribution is -0.384. The molecule has 0 bridgehead atoms. The van der Waals surface area contributed by atoms with Gasteiger partial charge in [-0.1, -0.05) is 30.8 Å². The predicted molar refractivity (Wildman–Crippen MR) is 100.0 cm³/mol. The van der Waals surface area contributed by atoms with Gasteiger partial charge in [-0.3, -0.25) is 19.7 Å². The van der Waals surface area contributed by atoms with E-state index in [4.69, 9.17) is 4.84 Å². The molecule has 150 valence electrons. The lowest BCUT2D eigenvalue weighted by atomic mass is 9.89. The highest BCUT2D eigenvalue weighted by Gasteiger charge is 2.49. The number of nitro benzene ring substituents is 1. The van der Waals surface area contributed by atoms with Crippen molar-refractivity contribution in [2.45, 2.75) is 63.0 Å². The van der Waals surface area contributed by atoms with Gasteiger partial charge in [-0.15, -0.1) is 0 Å². The molecule has 2 N–H and O–H groups in total. The van der Waals surface area contributed by atoms with Gasteiger partial charge in [0.1, 0.15) is 0 Å². The van der Waals surface area contributed by atoms with Gasteiger partial charge < -0.3 is 15.3 Å². The number of carboxylic acid groups (broad SMARTS) is 1. The van der Waals surface area contributed by atoms with Crippen molar-refractivity contribution in [3.63, 3.8) is 0 Å². The zero-order valence-corrected chi connectivity index (χ0v) is 15.4. The second-order valence-corrected chi connectivity index (χ2v) is 7.34. The molecule has 0 saturated heterocycles. The molecule has 1 aromatic carbocycles. The summed E-state index contributed by atoms with van der Waals surface area (Å²) in [5, 5.41) is 27.0. The van der Waals surface area contributed by atoms with Gasteiger partial charge in [0.25, 0.3) is 11.6 Å². The molecule has 0 spiro atoms. The van der Waals surface area contributed by atoms with E-state index < -0.39 is 28.8 Å². The number of carbonyl (C=O) groups excluding carboxylic acids is 1. The van der Waals surface area contributed by atoms with Crippen LogP contribution in [0.3, 0.4) is 0 Å². The molecule has 0 radical (unpaired) electrons. The highest BCUT2D eigenvalue weighted by molar-refractivity contribution is 6.06. The van der Waals surface area contributed by atoms with E-state index in [-0.39, 0.29) is 18.2 Å². The number of nitrogens with zero attached hydrogens (tertiary/aromatic N) is 2. The monoisotopic (exact) mass is 389 g/mol. The Morgan fingerprint density at radius 1 is 1.21 bits per heavy atom. The zero-order valence-electron chi connectivity index (χ0n) is 15.4. The molecule has 1 aliphatic heterocycles. The molecule has 1 fully saturated rings. The first-order chi connectivity index (χ1) is 13.4. The van der Waals surface area contributed by atoms with Gasteiger partial charge in [-0.05, 0) is 30.5 Å². The summed E-state index contributed by atoms with van der Waals surface area (Å²) in [5.41, 5.74) is -0.714. The van der Waals surface area contributed by atoms with Crippen molar-refractivity contribution < 1.29 is 24.5 Å². The number of oxime groups is 1.